The highest BCUT2D eigenvalue weighted by Gasteiger charge is 2.38. The van der Waals surface area contributed by atoms with E-state index in [2.05, 4.69) is 37.7 Å². The van der Waals surface area contributed by atoms with E-state index in [1.54, 1.807) is 0 Å². The Morgan fingerprint density at radius 1 is 1.22 bits per heavy atom. The molecule has 1 aliphatic carbocycles. The van der Waals surface area contributed by atoms with Crippen LogP contribution in [0.4, 0.5) is 0 Å². The maximum Gasteiger partial charge on any atom is 0.193 e. The van der Waals surface area contributed by atoms with Crippen LogP contribution in [0.5, 0.6) is 0 Å². The van der Waals surface area contributed by atoms with Crippen molar-refractivity contribution in [3.05, 3.63) is 17.7 Å². The highest BCUT2D eigenvalue weighted by Crippen LogP contribution is 2.42. The summed E-state index contributed by atoms with van der Waals surface area (Å²) in [5, 5.41) is 3.61. The molecule has 3 aliphatic rings. The SMILES string of the molecule is CN=C(NCCc1cn2c(n1)CCCC2)N1CCSC2(CCCCC2)C1.I. The van der Waals surface area contributed by atoms with Gasteiger partial charge in [0.05, 0.1) is 5.69 Å². The van der Waals surface area contributed by atoms with Crippen molar-refractivity contribution in [2.45, 2.75) is 69.1 Å². The number of guanidine groups is 1. The lowest BCUT2D eigenvalue weighted by atomic mass is 9.87. The van der Waals surface area contributed by atoms with Crippen LogP contribution < -0.4 is 5.32 Å². The number of aromatic nitrogens is 2. The number of halogens is 1. The molecule has 2 aliphatic heterocycles. The van der Waals surface area contributed by atoms with Crippen molar-refractivity contribution >= 4 is 41.7 Å². The van der Waals surface area contributed by atoms with Gasteiger partial charge in [0.15, 0.2) is 5.96 Å². The van der Waals surface area contributed by atoms with E-state index in [1.165, 1.54) is 62.2 Å². The van der Waals surface area contributed by atoms with Gasteiger partial charge in [-0.1, -0.05) is 19.3 Å². The number of rotatable bonds is 3. The molecule has 0 amide bonds. The van der Waals surface area contributed by atoms with Gasteiger partial charge in [0.25, 0.3) is 0 Å². The quantitative estimate of drug-likeness (QED) is 0.388. The van der Waals surface area contributed by atoms with Crippen LogP contribution in [0.3, 0.4) is 0 Å². The molecule has 4 rings (SSSR count). The van der Waals surface area contributed by atoms with E-state index >= 15 is 0 Å². The molecule has 0 unspecified atom stereocenters. The van der Waals surface area contributed by atoms with E-state index in [0.717, 1.165) is 45.0 Å². The third-order valence-corrected chi connectivity index (χ3v) is 7.68. The molecule has 0 radical (unpaired) electrons. The second kappa shape index (κ2) is 9.85. The van der Waals surface area contributed by atoms with Crippen LogP contribution in [0.1, 0.15) is 56.5 Å². The highest BCUT2D eigenvalue weighted by molar-refractivity contribution is 14.0. The Bertz CT molecular complexity index is 609. The Kier molecular flexibility index (Phi) is 7.76. The number of aryl methyl sites for hydroxylation is 2. The van der Waals surface area contributed by atoms with Gasteiger partial charge in [-0.3, -0.25) is 4.99 Å². The van der Waals surface area contributed by atoms with Crippen LogP contribution in [0, 0.1) is 0 Å². The van der Waals surface area contributed by atoms with Gasteiger partial charge in [0, 0.05) is 62.8 Å². The first-order valence-corrected chi connectivity index (χ1v) is 11.4. The van der Waals surface area contributed by atoms with Crippen LogP contribution >= 0.6 is 35.7 Å². The minimum Gasteiger partial charge on any atom is -0.356 e. The Labute approximate surface area is 185 Å². The van der Waals surface area contributed by atoms with E-state index in [9.17, 15) is 0 Å². The summed E-state index contributed by atoms with van der Waals surface area (Å²) < 4.78 is 2.83. The summed E-state index contributed by atoms with van der Waals surface area (Å²) in [6.45, 7) is 4.34. The van der Waals surface area contributed by atoms with Crippen molar-refractivity contribution in [3.63, 3.8) is 0 Å². The number of nitrogens with zero attached hydrogens (tertiary/aromatic N) is 4. The predicted molar refractivity (Wildman–Crippen MR) is 125 cm³/mol. The van der Waals surface area contributed by atoms with Crippen molar-refractivity contribution in [2.75, 3.05) is 32.4 Å². The van der Waals surface area contributed by atoms with Gasteiger partial charge in [-0.2, -0.15) is 11.8 Å². The molecule has 1 N–H and O–H groups in total. The van der Waals surface area contributed by atoms with Crippen molar-refractivity contribution in [1.29, 1.82) is 0 Å². The summed E-state index contributed by atoms with van der Waals surface area (Å²) in [5.74, 6) is 3.59. The van der Waals surface area contributed by atoms with E-state index in [4.69, 9.17) is 4.98 Å². The molecule has 5 nitrogen and oxygen atoms in total. The van der Waals surface area contributed by atoms with E-state index in [0.29, 0.717) is 4.75 Å². The van der Waals surface area contributed by atoms with E-state index < -0.39 is 0 Å². The van der Waals surface area contributed by atoms with Crippen molar-refractivity contribution in [3.8, 4) is 0 Å². The summed E-state index contributed by atoms with van der Waals surface area (Å²) in [6.07, 6.45) is 13.9. The first-order chi connectivity index (χ1) is 12.8. The zero-order valence-corrected chi connectivity index (χ0v) is 19.7. The lowest BCUT2D eigenvalue weighted by Gasteiger charge is -2.45. The molecule has 7 heteroatoms. The lowest BCUT2D eigenvalue weighted by Crippen LogP contribution is -2.53. The maximum absolute atomic E-state index is 4.82. The van der Waals surface area contributed by atoms with Crippen LogP contribution in [-0.2, 0) is 19.4 Å². The number of thioether (sulfide) groups is 1. The minimum absolute atomic E-state index is 0. The zero-order chi connectivity index (χ0) is 17.8. The smallest absolute Gasteiger partial charge is 0.193 e. The second-order valence-corrected chi connectivity index (χ2v) is 9.60. The Morgan fingerprint density at radius 3 is 2.85 bits per heavy atom. The standard InChI is InChI=1S/C20H33N5S.HI/c1-21-19(25-13-14-26-20(16-25)9-4-2-5-10-20)22-11-8-17-15-24-12-6-3-7-18(24)23-17;/h15H,2-14,16H2,1H3,(H,21,22);1H. The van der Waals surface area contributed by atoms with Crippen LogP contribution in [0.2, 0.25) is 0 Å². The van der Waals surface area contributed by atoms with Gasteiger partial charge in [0.1, 0.15) is 5.82 Å². The molecule has 3 heterocycles. The number of nitrogens with one attached hydrogen (secondary N) is 1. The molecule has 0 aromatic carbocycles. The second-order valence-electron chi connectivity index (χ2n) is 8.04. The highest BCUT2D eigenvalue weighted by atomic mass is 127. The van der Waals surface area contributed by atoms with Crippen molar-refractivity contribution in [1.82, 2.24) is 19.8 Å². The number of fused-ring (bicyclic) bond motifs is 1. The maximum atomic E-state index is 4.82. The normalized spacial score (nSPS) is 22.3. The summed E-state index contributed by atoms with van der Waals surface area (Å²) in [4.78, 5) is 11.9. The molecule has 0 bridgehead atoms. The molecule has 152 valence electrons. The van der Waals surface area contributed by atoms with Gasteiger partial charge < -0.3 is 14.8 Å². The number of hydrogen-bond donors (Lipinski definition) is 1. The first kappa shape index (κ1) is 21.3. The largest absolute Gasteiger partial charge is 0.356 e. The Morgan fingerprint density at radius 2 is 2.07 bits per heavy atom. The Hall–Kier alpha value is -0.440. The van der Waals surface area contributed by atoms with Crippen molar-refractivity contribution < 1.29 is 0 Å². The molecule has 27 heavy (non-hydrogen) atoms. The summed E-state index contributed by atoms with van der Waals surface area (Å²) in [6, 6.07) is 0. The molecular formula is C20H34IN5S. The predicted octanol–water partition coefficient (Wildman–Crippen LogP) is 3.71. The molecule has 2 fully saturated rings. The summed E-state index contributed by atoms with van der Waals surface area (Å²) in [7, 11) is 1.92. The number of imidazole rings is 1. The van der Waals surface area contributed by atoms with Crippen LogP contribution in [0.15, 0.2) is 11.2 Å². The fourth-order valence-electron chi connectivity index (χ4n) is 4.75. The molecule has 1 saturated heterocycles. The van der Waals surface area contributed by atoms with Gasteiger partial charge in [-0.25, -0.2) is 4.98 Å². The average molecular weight is 503 g/mol. The molecule has 1 spiro atoms. The fourth-order valence-corrected chi connectivity index (χ4v) is 6.32. The molecule has 1 aromatic heterocycles. The Balaban J connectivity index is 0.00000210. The fraction of sp³-hybridized carbons (Fsp3) is 0.800. The monoisotopic (exact) mass is 503 g/mol. The van der Waals surface area contributed by atoms with E-state index in [1.807, 2.05) is 7.05 Å². The molecule has 0 atom stereocenters. The lowest BCUT2D eigenvalue weighted by molar-refractivity contribution is 0.293. The van der Waals surface area contributed by atoms with Gasteiger partial charge >= 0.3 is 0 Å². The third-order valence-electron chi connectivity index (χ3n) is 6.15. The molecular weight excluding hydrogens is 469 g/mol. The number of aliphatic imine (C=N–C) groups is 1. The van der Waals surface area contributed by atoms with Crippen LogP contribution in [0.25, 0.3) is 0 Å². The van der Waals surface area contributed by atoms with Crippen molar-refractivity contribution in [2.24, 2.45) is 4.99 Å². The molecule has 1 saturated carbocycles. The molecule has 1 aromatic rings. The van der Waals surface area contributed by atoms with E-state index in [-0.39, 0.29) is 24.0 Å². The van der Waals surface area contributed by atoms with Gasteiger partial charge in [0.2, 0.25) is 0 Å². The summed E-state index contributed by atoms with van der Waals surface area (Å²) >= 11 is 2.22. The number of hydrogen-bond acceptors (Lipinski definition) is 3. The first-order valence-electron chi connectivity index (χ1n) is 10.4. The summed E-state index contributed by atoms with van der Waals surface area (Å²) in [5.41, 5.74) is 1.22. The van der Waals surface area contributed by atoms with Crippen LogP contribution in [-0.4, -0.2) is 57.6 Å². The van der Waals surface area contributed by atoms with Gasteiger partial charge in [-0.15, -0.1) is 24.0 Å². The topological polar surface area (TPSA) is 45.5 Å². The average Bonchev–Trinajstić information content (AvgIpc) is 3.09. The third kappa shape index (κ3) is 5.14. The van der Waals surface area contributed by atoms with Gasteiger partial charge in [-0.05, 0) is 25.7 Å². The zero-order valence-electron chi connectivity index (χ0n) is 16.6. The minimum atomic E-state index is 0.